The van der Waals surface area contributed by atoms with Gasteiger partial charge in [-0.15, -0.1) is 10.2 Å². The van der Waals surface area contributed by atoms with Gasteiger partial charge in [0.2, 0.25) is 5.89 Å². The Labute approximate surface area is 174 Å². The highest BCUT2D eigenvalue weighted by Gasteiger charge is 2.31. The molecule has 0 N–H and O–H groups in total. The number of alkyl halides is 3. The Hall–Kier alpha value is -3.56. The van der Waals surface area contributed by atoms with Gasteiger partial charge in [-0.3, -0.25) is 0 Å². The molecule has 0 fully saturated rings. The van der Waals surface area contributed by atoms with Crippen LogP contribution >= 0.6 is 0 Å². The van der Waals surface area contributed by atoms with Gasteiger partial charge in [0.15, 0.2) is 18.2 Å². The van der Waals surface area contributed by atoms with Crippen molar-refractivity contribution in [3.63, 3.8) is 0 Å². The van der Waals surface area contributed by atoms with E-state index >= 15 is 0 Å². The van der Waals surface area contributed by atoms with E-state index in [1.54, 1.807) is 32.1 Å². The highest BCUT2D eigenvalue weighted by Crippen LogP contribution is 2.26. The molecule has 0 amide bonds. The lowest BCUT2D eigenvalue weighted by molar-refractivity contribution is -0.186. The van der Waals surface area contributed by atoms with Crippen LogP contribution in [0.2, 0.25) is 0 Å². The van der Waals surface area contributed by atoms with E-state index in [1.165, 1.54) is 12.1 Å². The summed E-state index contributed by atoms with van der Waals surface area (Å²) in [5.41, 5.74) is 2.21. The van der Waals surface area contributed by atoms with E-state index in [1.807, 2.05) is 12.2 Å². The molecule has 1 aromatic carbocycles. The number of aromatic nitrogens is 3. The summed E-state index contributed by atoms with van der Waals surface area (Å²) in [7, 11) is 0. The minimum absolute atomic E-state index is 0.120. The van der Waals surface area contributed by atoms with Crippen LogP contribution in [0.15, 0.2) is 39.3 Å². The normalized spacial score (nSPS) is 14.5. The van der Waals surface area contributed by atoms with E-state index in [0.717, 1.165) is 11.1 Å². The molecular formula is C21H18F3N3O4. The predicted molar refractivity (Wildman–Crippen MR) is 103 cm³/mol. The second-order valence-corrected chi connectivity index (χ2v) is 6.85. The molecule has 31 heavy (non-hydrogen) atoms. The summed E-state index contributed by atoms with van der Waals surface area (Å²) in [6.07, 6.45) is 1.62. The van der Waals surface area contributed by atoms with Crippen molar-refractivity contribution in [2.24, 2.45) is 0 Å². The molecule has 0 bridgehead atoms. The molecule has 7 nitrogen and oxygen atoms in total. The fraction of sp³-hybridized carbons (Fsp3) is 0.286. The smallest absolute Gasteiger partial charge is 0.427 e. The molecule has 162 valence electrons. The standard InChI is InChI=1S/C21H18F3N3O4/c1-12(19-26-25-13(2)29-19)28-20-17-9-5-15(6-10-18(17)31-27-20)14-3-7-16(8-4-14)30-21(23,24)11-22/h3-4,6-10,12H,5,11H2,1-2H3. The summed E-state index contributed by atoms with van der Waals surface area (Å²) in [5, 5.41) is 12.4. The van der Waals surface area contributed by atoms with Crippen LogP contribution in [0.5, 0.6) is 11.6 Å². The number of allylic oxidation sites excluding steroid dienone is 2. The summed E-state index contributed by atoms with van der Waals surface area (Å²) in [4.78, 5) is 0. The first-order valence-electron chi connectivity index (χ1n) is 9.41. The molecule has 0 aliphatic heterocycles. The molecule has 0 saturated heterocycles. The first-order chi connectivity index (χ1) is 14.8. The third-order valence-electron chi connectivity index (χ3n) is 4.51. The first kappa shape index (κ1) is 20.7. The van der Waals surface area contributed by atoms with E-state index in [0.29, 0.717) is 34.7 Å². The Morgan fingerprint density at radius 2 is 1.94 bits per heavy atom. The Morgan fingerprint density at radius 1 is 1.16 bits per heavy atom. The lowest BCUT2D eigenvalue weighted by atomic mass is 10.0. The van der Waals surface area contributed by atoms with Gasteiger partial charge in [-0.25, -0.2) is 4.39 Å². The minimum Gasteiger partial charge on any atom is -0.462 e. The molecule has 0 radical (unpaired) electrons. The summed E-state index contributed by atoms with van der Waals surface area (Å²) < 4.78 is 59.2. The molecule has 1 atom stereocenters. The lowest BCUT2D eigenvalue weighted by Crippen LogP contribution is -2.26. The number of rotatable bonds is 7. The number of fused-ring (bicyclic) bond motifs is 1. The number of ether oxygens (including phenoxy) is 2. The maximum Gasteiger partial charge on any atom is 0.427 e. The zero-order chi connectivity index (χ0) is 22.0. The Bertz CT molecular complexity index is 1220. The van der Waals surface area contributed by atoms with Gasteiger partial charge in [0.1, 0.15) is 5.75 Å². The number of halogens is 3. The maximum absolute atomic E-state index is 13.0. The molecule has 3 aromatic rings. The van der Waals surface area contributed by atoms with E-state index in [-0.39, 0.29) is 5.75 Å². The molecule has 4 rings (SSSR count). The molecule has 1 aliphatic rings. The van der Waals surface area contributed by atoms with Gasteiger partial charge in [-0.05, 0) is 47.8 Å². The van der Waals surface area contributed by atoms with Crippen LogP contribution < -0.4 is 20.1 Å². The van der Waals surface area contributed by atoms with Crippen molar-refractivity contribution in [2.45, 2.75) is 32.5 Å². The summed E-state index contributed by atoms with van der Waals surface area (Å²) >= 11 is 0. The zero-order valence-electron chi connectivity index (χ0n) is 16.6. The molecule has 10 heteroatoms. The SMILES string of the molecule is Cc1nnc(C(C)Oc2noc3c2=CCC(c2ccc(OC(F)(F)CF)cc2)=CC=3)o1. The van der Waals surface area contributed by atoms with E-state index < -0.39 is 18.9 Å². The highest BCUT2D eigenvalue weighted by atomic mass is 19.3. The van der Waals surface area contributed by atoms with Crippen molar-refractivity contribution in [3.8, 4) is 11.6 Å². The van der Waals surface area contributed by atoms with Crippen molar-refractivity contribution in [3.05, 3.63) is 58.3 Å². The van der Waals surface area contributed by atoms with E-state index in [9.17, 15) is 13.2 Å². The van der Waals surface area contributed by atoms with Crippen LogP contribution in [0, 0.1) is 6.92 Å². The Morgan fingerprint density at radius 3 is 2.61 bits per heavy atom. The van der Waals surface area contributed by atoms with Gasteiger partial charge >= 0.3 is 6.11 Å². The predicted octanol–water partition coefficient (Wildman–Crippen LogP) is 3.50. The molecule has 0 saturated carbocycles. The number of hydrogen-bond donors (Lipinski definition) is 0. The van der Waals surface area contributed by atoms with E-state index in [2.05, 4.69) is 20.1 Å². The maximum atomic E-state index is 13.0. The summed E-state index contributed by atoms with van der Waals surface area (Å²) in [5.74, 6) is 0.932. The second kappa shape index (κ2) is 8.29. The van der Waals surface area contributed by atoms with Gasteiger partial charge in [-0.2, -0.15) is 8.78 Å². The summed E-state index contributed by atoms with van der Waals surface area (Å²) in [6.45, 7) is 1.55. The fourth-order valence-corrected chi connectivity index (χ4v) is 2.99. The van der Waals surface area contributed by atoms with Crippen LogP contribution in [0.25, 0.3) is 17.7 Å². The van der Waals surface area contributed by atoms with Gasteiger partial charge < -0.3 is 18.4 Å². The molecule has 2 aromatic heterocycles. The largest absolute Gasteiger partial charge is 0.462 e. The fourth-order valence-electron chi connectivity index (χ4n) is 2.99. The zero-order valence-corrected chi connectivity index (χ0v) is 16.6. The monoisotopic (exact) mass is 433 g/mol. The van der Waals surface area contributed by atoms with Gasteiger partial charge in [0.05, 0.1) is 5.22 Å². The Balaban J connectivity index is 1.51. The molecule has 1 aliphatic carbocycles. The molecule has 0 spiro atoms. The van der Waals surface area contributed by atoms with Gasteiger partial charge in [0.25, 0.3) is 11.8 Å². The molecule has 2 heterocycles. The minimum atomic E-state index is -3.85. The average molecular weight is 433 g/mol. The topological polar surface area (TPSA) is 83.4 Å². The highest BCUT2D eigenvalue weighted by molar-refractivity contribution is 5.75. The van der Waals surface area contributed by atoms with Crippen LogP contribution in [0.4, 0.5) is 13.2 Å². The quantitative estimate of drug-likeness (QED) is 0.564. The van der Waals surface area contributed by atoms with Gasteiger partial charge in [-0.1, -0.05) is 24.3 Å². The lowest BCUT2D eigenvalue weighted by Gasteiger charge is -2.14. The van der Waals surface area contributed by atoms with Crippen LogP contribution in [0.3, 0.4) is 0 Å². The van der Waals surface area contributed by atoms with Crippen LogP contribution in [-0.4, -0.2) is 28.1 Å². The van der Waals surface area contributed by atoms with Crippen molar-refractivity contribution in [1.29, 1.82) is 0 Å². The van der Waals surface area contributed by atoms with Crippen molar-refractivity contribution in [2.75, 3.05) is 6.67 Å². The van der Waals surface area contributed by atoms with Crippen molar-refractivity contribution in [1.82, 2.24) is 15.4 Å². The second-order valence-electron chi connectivity index (χ2n) is 6.85. The number of benzene rings is 1. The third-order valence-corrected chi connectivity index (χ3v) is 4.51. The van der Waals surface area contributed by atoms with Gasteiger partial charge in [0, 0.05) is 6.92 Å². The van der Waals surface area contributed by atoms with Crippen LogP contribution in [0.1, 0.15) is 36.8 Å². The number of hydrogen-bond acceptors (Lipinski definition) is 7. The number of nitrogens with zero attached hydrogens (tertiary/aromatic N) is 3. The molecule has 1 unspecified atom stereocenters. The van der Waals surface area contributed by atoms with Crippen molar-refractivity contribution >= 4 is 17.7 Å². The van der Waals surface area contributed by atoms with E-state index in [4.69, 9.17) is 13.7 Å². The third kappa shape index (κ3) is 4.62. The van der Waals surface area contributed by atoms with Crippen molar-refractivity contribution < 1.29 is 31.6 Å². The average Bonchev–Trinajstić information content (AvgIpc) is 3.28. The molecular weight excluding hydrogens is 415 g/mol. The Kier molecular flexibility index (Phi) is 5.53. The number of aryl methyl sites for hydroxylation is 1. The first-order valence-corrected chi connectivity index (χ1v) is 9.41. The summed E-state index contributed by atoms with van der Waals surface area (Å²) in [6, 6.07) is 5.98. The van der Waals surface area contributed by atoms with Crippen LogP contribution in [-0.2, 0) is 0 Å².